The van der Waals surface area contributed by atoms with Gasteiger partial charge in [-0.1, -0.05) is 30.3 Å². The van der Waals surface area contributed by atoms with Crippen LogP contribution in [0.25, 0.3) is 0 Å². The second-order valence-corrected chi connectivity index (χ2v) is 5.58. The third kappa shape index (κ3) is 3.74. The van der Waals surface area contributed by atoms with E-state index in [1.54, 1.807) is 11.1 Å². The molecule has 0 bridgehead atoms. The highest BCUT2D eigenvalue weighted by molar-refractivity contribution is 5.48. The first-order chi connectivity index (χ1) is 11.3. The molecule has 0 saturated carbocycles. The zero-order valence-corrected chi connectivity index (χ0v) is 13.2. The summed E-state index contributed by atoms with van der Waals surface area (Å²) in [5.41, 5.74) is 1.22. The minimum Gasteiger partial charge on any atom is -0.354 e. The number of nitrogens with zero attached hydrogens (tertiary/aromatic N) is 6. The molecule has 1 aliphatic rings. The molecule has 0 radical (unpaired) electrons. The van der Waals surface area contributed by atoms with Gasteiger partial charge in [-0.2, -0.15) is 10.1 Å². The van der Waals surface area contributed by atoms with Crippen LogP contribution < -0.4 is 9.80 Å². The smallest absolute Gasteiger partial charge is 0.247 e. The average Bonchev–Trinajstić information content (AvgIpc) is 2.63. The van der Waals surface area contributed by atoms with Crippen LogP contribution in [-0.4, -0.2) is 59.7 Å². The molecule has 0 spiro atoms. The van der Waals surface area contributed by atoms with Crippen LogP contribution in [0.2, 0.25) is 0 Å². The number of piperazine rings is 1. The van der Waals surface area contributed by atoms with E-state index in [1.807, 2.05) is 25.2 Å². The second kappa shape index (κ2) is 7.04. The van der Waals surface area contributed by atoms with Gasteiger partial charge in [-0.25, -0.2) is 0 Å². The number of rotatable bonds is 5. The molecular formula is C16H20N6O. The van der Waals surface area contributed by atoms with Gasteiger partial charge in [0.2, 0.25) is 12.4 Å². The van der Waals surface area contributed by atoms with Crippen LogP contribution in [-0.2, 0) is 11.3 Å². The van der Waals surface area contributed by atoms with Gasteiger partial charge in [0.05, 0.1) is 6.20 Å². The molecule has 1 aliphatic heterocycles. The highest BCUT2D eigenvalue weighted by atomic mass is 16.1. The molecule has 7 nitrogen and oxygen atoms in total. The summed E-state index contributed by atoms with van der Waals surface area (Å²) in [5, 5.41) is 8.22. The SMILES string of the molecule is CN(Cc1ccccc1)c1cnnc(N2CCN(C=O)CC2)n1. The van der Waals surface area contributed by atoms with Crippen molar-refractivity contribution < 1.29 is 4.79 Å². The van der Waals surface area contributed by atoms with Crippen LogP contribution in [0.1, 0.15) is 5.56 Å². The van der Waals surface area contributed by atoms with Crippen LogP contribution in [0.15, 0.2) is 36.5 Å². The van der Waals surface area contributed by atoms with E-state index in [-0.39, 0.29) is 0 Å². The molecule has 2 aromatic rings. The minimum absolute atomic E-state index is 0.618. The molecule has 120 valence electrons. The van der Waals surface area contributed by atoms with E-state index in [1.165, 1.54) is 5.56 Å². The van der Waals surface area contributed by atoms with Crippen LogP contribution in [0.4, 0.5) is 11.8 Å². The van der Waals surface area contributed by atoms with Gasteiger partial charge in [0, 0.05) is 39.8 Å². The van der Waals surface area contributed by atoms with Crippen molar-refractivity contribution in [3.8, 4) is 0 Å². The zero-order valence-electron chi connectivity index (χ0n) is 13.2. The maximum Gasteiger partial charge on any atom is 0.247 e. The summed E-state index contributed by atoms with van der Waals surface area (Å²) in [4.78, 5) is 21.3. The summed E-state index contributed by atoms with van der Waals surface area (Å²) in [5.74, 6) is 1.41. The Morgan fingerprint density at radius 1 is 1.17 bits per heavy atom. The van der Waals surface area contributed by atoms with Gasteiger partial charge in [-0.15, -0.1) is 5.10 Å². The van der Waals surface area contributed by atoms with Gasteiger partial charge in [-0.3, -0.25) is 4.79 Å². The van der Waals surface area contributed by atoms with Crippen LogP contribution in [0, 0.1) is 0 Å². The number of hydrogen-bond donors (Lipinski definition) is 0. The van der Waals surface area contributed by atoms with Crippen molar-refractivity contribution in [3.63, 3.8) is 0 Å². The van der Waals surface area contributed by atoms with Gasteiger partial charge < -0.3 is 14.7 Å². The van der Waals surface area contributed by atoms with Crippen LogP contribution in [0.5, 0.6) is 0 Å². The summed E-state index contributed by atoms with van der Waals surface area (Å²) in [6.45, 7) is 3.60. The maximum atomic E-state index is 10.8. The topological polar surface area (TPSA) is 65.5 Å². The van der Waals surface area contributed by atoms with Crippen molar-refractivity contribution in [2.75, 3.05) is 43.0 Å². The van der Waals surface area contributed by atoms with E-state index in [0.717, 1.165) is 31.9 Å². The average molecular weight is 312 g/mol. The molecule has 1 amide bonds. The second-order valence-electron chi connectivity index (χ2n) is 5.58. The summed E-state index contributed by atoms with van der Waals surface area (Å²) in [6.07, 6.45) is 2.56. The number of anilines is 2. The third-order valence-electron chi connectivity index (χ3n) is 3.93. The molecule has 1 saturated heterocycles. The van der Waals surface area contributed by atoms with Crippen molar-refractivity contribution in [2.24, 2.45) is 0 Å². The Labute approximate surface area is 135 Å². The van der Waals surface area contributed by atoms with Crippen molar-refractivity contribution in [1.82, 2.24) is 20.1 Å². The fourth-order valence-electron chi connectivity index (χ4n) is 2.57. The Kier molecular flexibility index (Phi) is 4.65. The van der Waals surface area contributed by atoms with Crippen molar-refractivity contribution >= 4 is 18.2 Å². The Balaban J connectivity index is 1.68. The Hall–Kier alpha value is -2.70. The normalized spacial score (nSPS) is 14.7. The molecule has 7 heteroatoms. The van der Waals surface area contributed by atoms with Gasteiger partial charge in [-0.05, 0) is 5.56 Å². The minimum atomic E-state index is 0.618. The molecule has 0 N–H and O–H groups in total. The van der Waals surface area contributed by atoms with E-state index in [0.29, 0.717) is 19.0 Å². The first kappa shape index (κ1) is 15.2. The Morgan fingerprint density at radius 2 is 1.91 bits per heavy atom. The van der Waals surface area contributed by atoms with Gasteiger partial charge in [0.25, 0.3) is 0 Å². The molecule has 0 aliphatic carbocycles. The number of carbonyl (C=O) groups excluding carboxylic acids is 1. The number of benzene rings is 1. The quantitative estimate of drug-likeness (QED) is 0.761. The molecule has 1 fully saturated rings. The van der Waals surface area contributed by atoms with E-state index in [2.05, 4.69) is 37.1 Å². The molecule has 2 heterocycles. The fourth-order valence-corrected chi connectivity index (χ4v) is 2.57. The fraction of sp³-hybridized carbons (Fsp3) is 0.375. The van der Waals surface area contributed by atoms with Gasteiger partial charge in [0.1, 0.15) is 0 Å². The number of carbonyl (C=O) groups is 1. The molecule has 3 rings (SSSR count). The van der Waals surface area contributed by atoms with E-state index < -0.39 is 0 Å². The monoisotopic (exact) mass is 312 g/mol. The molecule has 1 aromatic heterocycles. The largest absolute Gasteiger partial charge is 0.354 e. The predicted molar refractivity (Wildman–Crippen MR) is 88.2 cm³/mol. The lowest BCUT2D eigenvalue weighted by atomic mass is 10.2. The van der Waals surface area contributed by atoms with Crippen molar-refractivity contribution in [3.05, 3.63) is 42.1 Å². The standard InChI is InChI=1S/C16H20N6O/c1-20(12-14-5-3-2-4-6-14)15-11-17-19-16(18-15)22-9-7-21(13-23)8-10-22/h2-6,11,13H,7-10,12H2,1H3. The molecular weight excluding hydrogens is 292 g/mol. The maximum absolute atomic E-state index is 10.8. The van der Waals surface area contributed by atoms with Crippen LogP contribution in [0.3, 0.4) is 0 Å². The summed E-state index contributed by atoms with van der Waals surface area (Å²) in [7, 11) is 1.99. The highest BCUT2D eigenvalue weighted by Crippen LogP contribution is 2.16. The third-order valence-corrected chi connectivity index (χ3v) is 3.93. The lowest BCUT2D eigenvalue weighted by Crippen LogP contribution is -2.46. The summed E-state index contributed by atoms with van der Waals surface area (Å²) >= 11 is 0. The van der Waals surface area contributed by atoms with Crippen LogP contribution >= 0.6 is 0 Å². The molecule has 0 atom stereocenters. The lowest BCUT2D eigenvalue weighted by Gasteiger charge is -2.32. The first-order valence-corrected chi connectivity index (χ1v) is 7.65. The molecule has 0 unspecified atom stereocenters. The summed E-state index contributed by atoms with van der Waals surface area (Å²) in [6, 6.07) is 10.2. The van der Waals surface area contributed by atoms with Gasteiger partial charge in [0.15, 0.2) is 5.82 Å². The predicted octanol–water partition coefficient (Wildman–Crippen LogP) is 0.786. The van der Waals surface area contributed by atoms with Crippen molar-refractivity contribution in [2.45, 2.75) is 6.54 Å². The Morgan fingerprint density at radius 3 is 2.61 bits per heavy atom. The van der Waals surface area contributed by atoms with Crippen molar-refractivity contribution in [1.29, 1.82) is 0 Å². The lowest BCUT2D eigenvalue weighted by molar-refractivity contribution is -0.118. The number of amides is 1. The Bertz CT molecular complexity index is 642. The van der Waals surface area contributed by atoms with Gasteiger partial charge >= 0.3 is 0 Å². The van der Waals surface area contributed by atoms with E-state index in [9.17, 15) is 4.79 Å². The number of aromatic nitrogens is 3. The zero-order chi connectivity index (χ0) is 16.1. The van der Waals surface area contributed by atoms with E-state index >= 15 is 0 Å². The summed E-state index contributed by atoms with van der Waals surface area (Å²) < 4.78 is 0. The molecule has 23 heavy (non-hydrogen) atoms. The number of hydrogen-bond acceptors (Lipinski definition) is 6. The molecule has 1 aromatic carbocycles. The first-order valence-electron chi connectivity index (χ1n) is 7.65. The highest BCUT2D eigenvalue weighted by Gasteiger charge is 2.19. The van der Waals surface area contributed by atoms with E-state index in [4.69, 9.17) is 0 Å².